The molecule has 1 aromatic heterocycles. The molecule has 0 fully saturated rings. The minimum Gasteiger partial charge on any atom is -0.297 e. The smallest absolute Gasteiger partial charge is 0.205 e. The van der Waals surface area contributed by atoms with E-state index in [1.807, 2.05) is 60.7 Å². The molecule has 28 heavy (non-hydrogen) atoms. The first-order valence-electron chi connectivity index (χ1n) is 9.40. The van der Waals surface area contributed by atoms with Gasteiger partial charge in [-0.25, -0.2) is 0 Å². The van der Waals surface area contributed by atoms with Crippen LogP contribution in [0.15, 0.2) is 77.5 Å². The summed E-state index contributed by atoms with van der Waals surface area (Å²) in [5.74, 6) is 3.37. The van der Waals surface area contributed by atoms with Gasteiger partial charge in [0.05, 0.1) is 6.04 Å². The second-order valence-electron chi connectivity index (χ2n) is 7.77. The first-order valence-corrected chi connectivity index (χ1v) is 15.5. The van der Waals surface area contributed by atoms with Crippen LogP contribution in [0, 0.1) is 11.5 Å². The van der Waals surface area contributed by atoms with Crippen molar-refractivity contribution in [1.29, 1.82) is 0 Å². The third-order valence-corrected chi connectivity index (χ3v) is 8.65. The van der Waals surface area contributed by atoms with E-state index in [1.54, 1.807) is 11.3 Å². The van der Waals surface area contributed by atoms with Crippen molar-refractivity contribution in [3.63, 3.8) is 0 Å². The molecule has 0 aliphatic heterocycles. The van der Waals surface area contributed by atoms with Gasteiger partial charge in [-0.3, -0.25) is 9.65 Å². The molecule has 0 saturated heterocycles. The van der Waals surface area contributed by atoms with Crippen LogP contribution in [-0.2, 0) is 4.57 Å². The predicted molar refractivity (Wildman–Crippen MR) is 126 cm³/mol. The van der Waals surface area contributed by atoms with Gasteiger partial charge in [0.2, 0.25) is 7.29 Å². The molecule has 0 spiro atoms. The van der Waals surface area contributed by atoms with Crippen LogP contribution in [0.4, 0.5) is 0 Å². The summed E-state index contributed by atoms with van der Waals surface area (Å²) >= 11 is 1.66. The van der Waals surface area contributed by atoms with Crippen LogP contribution in [0.5, 0.6) is 0 Å². The highest BCUT2D eigenvalue weighted by molar-refractivity contribution is 7.76. The minimum absolute atomic E-state index is 0.0821. The third-order valence-electron chi connectivity index (χ3n) is 4.29. The fourth-order valence-corrected chi connectivity index (χ4v) is 6.73. The van der Waals surface area contributed by atoms with Gasteiger partial charge in [-0.2, -0.15) is 11.3 Å². The Morgan fingerprint density at radius 1 is 0.964 bits per heavy atom. The van der Waals surface area contributed by atoms with Crippen molar-refractivity contribution in [3.8, 4) is 11.5 Å². The van der Waals surface area contributed by atoms with Gasteiger partial charge < -0.3 is 0 Å². The van der Waals surface area contributed by atoms with E-state index >= 15 is 0 Å². The molecule has 144 valence electrons. The predicted octanol–water partition coefficient (Wildman–Crippen LogP) is 5.58. The summed E-state index contributed by atoms with van der Waals surface area (Å²) in [6.07, 6.45) is 0.644. The number of thiophene rings is 1. The van der Waals surface area contributed by atoms with Gasteiger partial charge in [0.25, 0.3) is 0 Å². The fraction of sp³-hybridized carbons (Fsp3) is 0.217. The van der Waals surface area contributed by atoms with Gasteiger partial charge in [0.1, 0.15) is 8.07 Å². The van der Waals surface area contributed by atoms with Crippen molar-refractivity contribution in [1.82, 2.24) is 5.09 Å². The lowest BCUT2D eigenvalue weighted by atomic mass is 10.1. The highest BCUT2D eigenvalue weighted by Crippen LogP contribution is 2.42. The fourth-order valence-electron chi connectivity index (χ4n) is 2.92. The zero-order valence-corrected chi connectivity index (χ0v) is 19.3. The van der Waals surface area contributed by atoms with Gasteiger partial charge >= 0.3 is 0 Å². The lowest BCUT2D eigenvalue weighted by Crippen LogP contribution is -2.30. The Balaban J connectivity index is 2.01. The lowest BCUT2D eigenvalue weighted by Gasteiger charge is -2.26. The third kappa shape index (κ3) is 5.34. The number of rotatable bonds is 6. The summed E-state index contributed by atoms with van der Waals surface area (Å²) in [4.78, 5) is 0. The summed E-state index contributed by atoms with van der Waals surface area (Å²) < 4.78 is 14.3. The van der Waals surface area contributed by atoms with Crippen LogP contribution < -0.4 is 15.7 Å². The van der Waals surface area contributed by atoms with Crippen molar-refractivity contribution < 1.29 is 4.57 Å². The van der Waals surface area contributed by atoms with E-state index in [0.29, 0.717) is 6.42 Å². The van der Waals surface area contributed by atoms with Crippen LogP contribution in [0.2, 0.25) is 19.6 Å². The van der Waals surface area contributed by atoms with Gasteiger partial charge in [-0.05, 0) is 46.7 Å². The summed E-state index contributed by atoms with van der Waals surface area (Å²) in [7, 11) is -4.45. The minimum atomic E-state index is -3.00. The molecule has 3 aromatic rings. The highest BCUT2D eigenvalue weighted by atomic mass is 32.1. The molecule has 0 bridgehead atoms. The lowest BCUT2D eigenvalue weighted by molar-refractivity contribution is 0.563. The second kappa shape index (κ2) is 9.07. The SMILES string of the molecule is C[Si](C)(C)C#CC[C@H](NP(=O)(c1ccccc1)c1ccccc1)c1ccsc1. The first kappa shape index (κ1) is 20.8. The van der Waals surface area contributed by atoms with E-state index in [2.05, 4.69) is 53.0 Å². The first-order chi connectivity index (χ1) is 13.4. The van der Waals surface area contributed by atoms with Crippen molar-refractivity contribution in [2.75, 3.05) is 0 Å². The molecule has 0 radical (unpaired) electrons. The highest BCUT2D eigenvalue weighted by Gasteiger charge is 2.30. The van der Waals surface area contributed by atoms with Crippen LogP contribution in [0.25, 0.3) is 0 Å². The molecule has 5 heteroatoms. The summed E-state index contributed by atoms with van der Waals surface area (Å²) in [5.41, 5.74) is 4.58. The zero-order chi connectivity index (χ0) is 20.0. The Morgan fingerprint density at radius 3 is 2.00 bits per heavy atom. The van der Waals surface area contributed by atoms with E-state index < -0.39 is 15.4 Å². The quantitative estimate of drug-likeness (QED) is 0.319. The molecule has 0 aliphatic rings. The van der Waals surface area contributed by atoms with Crippen molar-refractivity contribution in [3.05, 3.63) is 83.1 Å². The molecule has 0 aliphatic carbocycles. The van der Waals surface area contributed by atoms with Crippen molar-refractivity contribution in [2.45, 2.75) is 32.1 Å². The van der Waals surface area contributed by atoms with E-state index in [-0.39, 0.29) is 6.04 Å². The second-order valence-corrected chi connectivity index (χ2v) is 15.8. The van der Waals surface area contributed by atoms with Crippen LogP contribution in [-0.4, -0.2) is 8.07 Å². The zero-order valence-electron chi connectivity index (χ0n) is 16.6. The molecule has 1 N–H and O–H groups in total. The van der Waals surface area contributed by atoms with Crippen LogP contribution >= 0.6 is 18.6 Å². The molecular formula is C23H26NOPSSi. The number of hydrogen-bond acceptors (Lipinski definition) is 2. The Kier molecular flexibility index (Phi) is 6.75. The molecule has 0 saturated carbocycles. The van der Waals surface area contributed by atoms with Crippen molar-refractivity contribution >= 4 is 37.3 Å². The van der Waals surface area contributed by atoms with Gasteiger partial charge in [0, 0.05) is 17.0 Å². The van der Waals surface area contributed by atoms with E-state index in [1.165, 1.54) is 0 Å². The molecule has 1 heterocycles. The van der Waals surface area contributed by atoms with E-state index in [0.717, 1.165) is 16.2 Å². The van der Waals surface area contributed by atoms with E-state index in [9.17, 15) is 4.57 Å². The summed E-state index contributed by atoms with van der Waals surface area (Å²) in [5, 5.41) is 9.35. The maximum absolute atomic E-state index is 14.3. The maximum Gasteiger partial charge on any atom is 0.205 e. The molecular weight excluding hydrogens is 397 g/mol. The number of benzene rings is 2. The molecule has 0 unspecified atom stereocenters. The molecule has 2 nitrogen and oxygen atoms in total. The number of hydrogen-bond donors (Lipinski definition) is 1. The van der Waals surface area contributed by atoms with Gasteiger partial charge in [0.15, 0.2) is 0 Å². The van der Waals surface area contributed by atoms with E-state index in [4.69, 9.17) is 0 Å². The Labute approximate surface area is 173 Å². The summed E-state index contributed by atoms with van der Waals surface area (Å²) in [6, 6.07) is 21.5. The Morgan fingerprint density at radius 2 is 1.54 bits per heavy atom. The maximum atomic E-state index is 14.3. The van der Waals surface area contributed by atoms with Gasteiger partial charge in [-0.15, -0.1) is 11.5 Å². The van der Waals surface area contributed by atoms with Gasteiger partial charge in [-0.1, -0.05) is 56.0 Å². The molecule has 0 amide bonds. The monoisotopic (exact) mass is 423 g/mol. The van der Waals surface area contributed by atoms with Crippen molar-refractivity contribution in [2.24, 2.45) is 0 Å². The Hall–Kier alpha value is -1.89. The molecule has 3 rings (SSSR count). The normalized spacial score (nSPS) is 12.8. The standard InChI is InChI=1S/C23H26NOPSSi/c1-28(2,3)18-10-15-23(20-16-17-27-19-20)24-26(25,21-11-6-4-7-12-21)22-13-8-5-9-14-22/h4-9,11-14,16-17,19,23H,15H2,1-3H3,(H,24,25)/t23-/m0/s1. The van der Waals surface area contributed by atoms with Crippen LogP contribution in [0.3, 0.4) is 0 Å². The molecule has 1 atom stereocenters. The largest absolute Gasteiger partial charge is 0.297 e. The average molecular weight is 424 g/mol. The molecule has 2 aromatic carbocycles. The Bertz CT molecular complexity index is 942. The van der Waals surface area contributed by atoms with Crippen LogP contribution in [0.1, 0.15) is 18.0 Å². The summed E-state index contributed by atoms with van der Waals surface area (Å²) in [6.45, 7) is 6.73. The average Bonchev–Trinajstić information content (AvgIpc) is 3.22. The topological polar surface area (TPSA) is 29.1 Å². The number of nitrogens with one attached hydrogen (secondary N) is 1.